The van der Waals surface area contributed by atoms with Gasteiger partial charge in [0.2, 0.25) is 0 Å². The van der Waals surface area contributed by atoms with E-state index in [4.69, 9.17) is 9.02 Å². The van der Waals surface area contributed by atoms with Crippen LogP contribution < -0.4 is 11.2 Å². The number of aromatic nitrogens is 2. The predicted octanol–water partition coefficient (Wildman–Crippen LogP) is 2.03. The number of aryl methyl sites for hydroxylation is 2. The monoisotopic (exact) mass is 449 g/mol. The lowest BCUT2D eigenvalue weighted by atomic mass is 10.1. The van der Waals surface area contributed by atoms with E-state index >= 15 is 0 Å². The van der Waals surface area contributed by atoms with Crippen LogP contribution in [-0.2, 0) is 19.1 Å². The molecule has 1 aliphatic heterocycles. The molecule has 0 aliphatic carbocycles. The highest BCUT2D eigenvalue weighted by atomic mass is 32.2. The van der Waals surface area contributed by atoms with Crippen molar-refractivity contribution in [2.45, 2.75) is 51.3 Å². The van der Waals surface area contributed by atoms with Gasteiger partial charge in [0, 0.05) is 24.7 Å². The minimum atomic E-state index is -3.88. The molecule has 2 unspecified atom stereocenters. The van der Waals surface area contributed by atoms with Crippen molar-refractivity contribution in [2.24, 2.45) is 0 Å². The van der Waals surface area contributed by atoms with Crippen LogP contribution in [0.15, 0.2) is 56.6 Å². The van der Waals surface area contributed by atoms with E-state index in [1.807, 2.05) is 26.8 Å². The lowest BCUT2D eigenvalue weighted by Crippen LogP contribution is -2.34. The molecular weight excluding hydrogens is 422 g/mol. The first-order valence-corrected chi connectivity index (χ1v) is 11.3. The summed E-state index contributed by atoms with van der Waals surface area (Å²) >= 11 is 0. The summed E-state index contributed by atoms with van der Waals surface area (Å²) in [5, 5.41) is 1.61. The Labute approximate surface area is 181 Å². The third-order valence-corrected chi connectivity index (χ3v) is 6.24. The van der Waals surface area contributed by atoms with Crippen molar-refractivity contribution < 1.29 is 17.4 Å². The van der Waals surface area contributed by atoms with Gasteiger partial charge in [-0.2, -0.15) is 13.5 Å². The SMILES string of the molecule is CC(C)=CC1CC(n2cc(C)c(=O)[nH]c2=O)ON1CCOS(=O)(=O)c1ccc(C)cc1. The molecule has 1 aliphatic rings. The number of hydroxylamine groups is 2. The third kappa shape index (κ3) is 5.59. The van der Waals surface area contributed by atoms with E-state index in [0.29, 0.717) is 12.0 Å². The van der Waals surface area contributed by atoms with Gasteiger partial charge < -0.3 is 0 Å². The fourth-order valence-corrected chi connectivity index (χ4v) is 4.23. The Morgan fingerprint density at radius 3 is 2.55 bits per heavy atom. The van der Waals surface area contributed by atoms with Crippen molar-refractivity contribution >= 4 is 10.1 Å². The lowest BCUT2D eigenvalue weighted by Gasteiger charge is -2.20. The molecule has 0 saturated carbocycles. The smallest absolute Gasteiger partial charge is 0.274 e. The van der Waals surface area contributed by atoms with Crippen LogP contribution in [0.5, 0.6) is 0 Å². The quantitative estimate of drug-likeness (QED) is 0.509. The normalized spacial score (nSPS) is 19.5. The standard InChI is InChI=1S/C21H27N3O6S/c1-14(2)11-17-12-19(23-13-16(4)20(25)22-21(23)26)30-24(17)9-10-29-31(27,28)18-7-5-15(3)6-8-18/h5-8,11,13,17,19H,9-10,12H2,1-4H3,(H,22,25,26). The van der Waals surface area contributed by atoms with Crippen molar-refractivity contribution in [1.82, 2.24) is 14.6 Å². The molecule has 10 heteroatoms. The summed E-state index contributed by atoms with van der Waals surface area (Å²) < 4.78 is 31.3. The Bertz CT molecular complexity index is 1180. The Morgan fingerprint density at radius 1 is 1.23 bits per heavy atom. The molecule has 31 heavy (non-hydrogen) atoms. The first kappa shape index (κ1) is 23.1. The van der Waals surface area contributed by atoms with Crippen LogP contribution in [0.3, 0.4) is 0 Å². The number of hydrogen-bond acceptors (Lipinski definition) is 7. The summed E-state index contributed by atoms with van der Waals surface area (Å²) in [6, 6.07) is 6.24. The highest BCUT2D eigenvalue weighted by Gasteiger charge is 2.34. The van der Waals surface area contributed by atoms with Gasteiger partial charge >= 0.3 is 5.69 Å². The molecule has 0 spiro atoms. The number of aromatic amines is 1. The molecular formula is C21H27N3O6S. The summed E-state index contributed by atoms with van der Waals surface area (Å²) in [6.45, 7) is 7.43. The fourth-order valence-electron chi connectivity index (χ4n) is 3.33. The summed E-state index contributed by atoms with van der Waals surface area (Å²) in [5.41, 5.74) is 1.40. The zero-order valence-corrected chi connectivity index (χ0v) is 18.8. The molecule has 0 amide bonds. The lowest BCUT2D eigenvalue weighted by molar-refractivity contribution is -0.181. The molecule has 9 nitrogen and oxygen atoms in total. The van der Waals surface area contributed by atoms with E-state index in [-0.39, 0.29) is 24.1 Å². The minimum absolute atomic E-state index is 0.0921. The van der Waals surface area contributed by atoms with Gasteiger partial charge in [0.05, 0.1) is 17.5 Å². The van der Waals surface area contributed by atoms with E-state index in [0.717, 1.165) is 11.1 Å². The molecule has 1 aromatic heterocycles. The van der Waals surface area contributed by atoms with Crippen LogP contribution >= 0.6 is 0 Å². The van der Waals surface area contributed by atoms with Crippen molar-refractivity contribution in [3.63, 3.8) is 0 Å². The number of H-pyrrole nitrogens is 1. The summed E-state index contributed by atoms with van der Waals surface area (Å²) in [5.74, 6) is 0. The van der Waals surface area contributed by atoms with Gasteiger partial charge in [-0.25, -0.2) is 4.79 Å². The van der Waals surface area contributed by atoms with E-state index in [1.165, 1.54) is 22.9 Å². The van der Waals surface area contributed by atoms with Crippen molar-refractivity contribution in [1.29, 1.82) is 0 Å². The molecule has 1 aromatic carbocycles. The zero-order valence-electron chi connectivity index (χ0n) is 18.0. The maximum atomic E-state index is 12.4. The number of allylic oxidation sites excluding steroid dienone is 1. The highest BCUT2D eigenvalue weighted by Crippen LogP contribution is 2.29. The van der Waals surface area contributed by atoms with Gasteiger partial charge in [0.15, 0.2) is 6.23 Å². The molecule has 2 heterocycles. The topological polar surface area (TPSA) is 111 Å². The van der Waals surface area contributed by atoms with E-state index in [2.05, 4.69) is 4.98 Å². The van der Waals surface area contributed by atoms with Crippen LogP contribution in [0.1, 0.15) is 37.6 Å². The molecule has 3 rings (SSSR count). The average molecular weight is 450 g/mol. The van der Waals surface area contributed by atoms with Gasteiger partial charge in [0.1, 0.15) is 0 Å². The first-order chi connectivity index (χ1) is 14.6. The Kier molecular flexibility index (Phi) is 6.95. The van der Waals surface area contributed by atoms with Gasteiger partial charge in [-0.1, -0.05) is 29.3 Å². The molecule has 2 atom stereocenters. The van der Waals surface area contributed by atoms with Crippen molar-refractivity contribution in [3.8, 4) is 0 Å². The van der Waals surface area contributed by atoms with Crippen molar-refractivity contribution in [3.05, 3.63) is 74.1 Å². The summed E-state index contributed by atoms with van der Waals surface area (Å²) in [6.07, 6.45) is 3.28. The van der Waals surface area contributed by atoms with Gasteiger partial charge in [-0.05, 0) is 39.8 Å². The summed E-state index contributed by atoms with van der Waals surface area (Å²) in [7, 11) is -3.88. The Morgan fingerprint density at radius 2 is 1.90 bits per heavy atom. The summed E-state index contributed by atoms with van der Waals surface area (Å²) in [4.78, 5) is 32.2. The van der Waals surface area contributed by atoms with Crippen LogP contribution in [-0.4, -0.2) is 42.2 Å². The van der Waals surface area contributed by atoms with Gasteiger partial charge in [-0.3, -0.25) is 23.4 Å². The van der Waals surface area contributed by atoms with Crippen molar-refractivity contribution in [2.75, 3.05) is 13.2 Å². The van der Waals surface area contributed by atoms with Crippen LogP contribution in [0.4, 0.5) is 0 Å². The number of nitrogens with zero attached hydrogens (tertiary/aromatic N) is 2. The molecule has 2 aromatic rings. The van der Waals surface area contributed by atoms with E-state index in [9.17, 15) is 18.0 Å². The second kappa shape index (κ2) is 9.31. The second-order valence-corrected chi connectivity index (χ2v) is 9.43. The molecule has 168 valence electrons. The molecule has 1 N–H and O–H groups in total. The van der Waals surface area contributed by atoms with Gasteiger partial charge in [0.25, 0.3) is 15.7 Å². The average Bonchev–Trinajstić information content (AvgIpc) is 3.06. The largest absolute Gasteiger partial charge is 0.330 e. The molecule has 1 fully saturated rings. The van der Waals surface area contributed by atoms with Crippen LogP contribution in [0, 0.1) is 13.8 Å². The van der Waals surface area contributed by atoms with Crippen LogP contribution in [0.2, 0.25) is 0 Å². The minimum Gasteiger partial charge on any atom is -0.274 e. The number of nitrogens with one attached hydrogen (secondary N) is 1. The first-order valence-electron chi connectivity index (χ1n) is 9.93. The number of rotatable bonds is 7. The Hall–Kier alpha value is -2.53. The number of benzene rings is 1. The Balaban J connectivity index is 1.72. The fraction of sp³-hybridized carbons (Fsp3) is 0.429. The molecule has 0 bridgehead atoms. The maximum Gasteiger partial charge on any atom is 0.330 e. The second-order valence-electron chi connectivity index (χ2n) is 7.82. The van der Waals surface area contributed by atoms with E-state index < -0.39 is 27.6 Å². The maximum absolute atomic E-state index is 12.4. The number of hydrogen-bond donors (Lipinski definition) is 1. The predicted molar refractivity (Wildman–Crippen MR) is 115 cm³/mol. The van der Waals surface area contributed by atoms with Gasteiger partial charge in [-0.15, -0.1) is 0 Å². The molecule has 1 saturated heterocycles. The third-order valence-electron chi connectivity index (χ3n) is 4.91. The van der Waals surface area contributed by atoms with E-state index in [1.54, 1.807) is 24.1 Å². The zero-order chi connectivity index (χ0) is 22.8. The van der Waals surface area contributed by atoms with Crippen LogP contribution in [0.25, 0.3) is 0 Å². The molecule has 0 radical (unpaired) electrons. The highest BCUT2D eigenvalue weighted by molar-refractivity contribution is 7.86.